The number of anilines is 3. The van der Waals surface area contributed by atoms with E-state index in [0.717, 1.165) is 28.3 Å². The molecule has 0 saturated carbocycles. The number of carbonyl (C=O) groups is 1. The van der Waals surface area contributed by atoms with Gasteiger partial charge >= 0.3 is 0 Å². The summed E-state index contributed by atoms with van der Waals surface area (Å²) >= 11 is 1.50. The Morgan fingerprint density at radius 3 is 2.59 bits per heavy atom. The minimum atomic E-state index is -0.471. The molecule has 2 aromatic heterocycles. The highest BCUT2D eigenvalue weighted by molar-refractivity contribution is 7.13. The number of amides is 1. The van der Waals surface area contributed by atoms with Gasteiger partial charge in [0.25, 0.3) is 5.56 Å². The van der Waals surface area contributed by atoms with Crippen LogP contribution in [0.4, 0.5) is 17.1 Å². The molecule has 1 fully saturated rings. The third-order valence-electron chi connectivity index (χ3n) is 4.94. The topological polar surface area (TPSA) is 93.2 Å². The quantitative estimate of drug-likeness (QED) is 0.675. The first-order valence-corrected chi connectivity index (χ1v) is 10.5. The Kier molecular flexibility index (Phi) is 5.62. The van der Waals surface area contributed by atoms with Gasteiger partial charge in [0.15, 0.2) is 0 Å². The number of piperidine rings is 1. The number of nitrogens with zero attached hydrogens (tertiary/aromatic N) is 3. The number of hydrogen-bond acceptors (Lipinski definition) is 6. The number of aromatic nitrogens is 2. The second-order valence-corrected chi connectivity index (χ2v) is 8.02. The van der Waals surface area contributed by atoms with E-state index < -0.39 is 5.56 Å². The van der Waals surface area contributed by atoms with Crippen LogP contribution in [0.3, 0.4) is 0 Å². The Labute approximate surface area is 172 Å². The highest BCUT2D eigenvalue weighted by atomic mass is 32.1. The molecule has 3 heterocycles. The molecule has 1 aromatic carbocycles. The zero-order valence-corrected chi connectivity index (χ0v) is 16.8. The summed E-state index contributed by atoms with van der Waals surface area (Å²) in [5.41, 5.74) is 7.87. The predicted molar refractivity (Wildman–Crippen MR) is 117 cm³/mol. The fourth-order valence-electron chi connectivity index (χ4n) is 3.46. The van der Waals surface area contributed by atoms with Crippen LogP contribution in [-0.4, -0.2) is 28.8 Å². The number of nitrogen functional groups attached to an aromatic ring is 1. The van der Waals surface area contributed by atoms with Gasteiger partial charge in [-0.2, -0.15) is 5.10 Å². The summed E-state index contributed by atoms with van der Waals surface area (Å²) in [4.78, 5) is 28.0. The van der Waals surface area contributed by atoms with E-state index in [4.69, 9.17) is 5.73 Å². The van der Waals surface area contributed by atoms with Crippen LogP contribution in [0.15, 0.2) is 52.6 Å². The second-order valence-electron chi connectivity index (χ2n) is 7.07. The molecule has 1 amide bonds. The van der Waals surface area contributed by atoms with Crippen LogP contribution in [0.1, 0.15) is 19.3 Å². The first kappa shape index (κ1) is 19.2. The van der Waals surface area contributed by atoms with Crippen LogP contribution >= 0.6 is 11.3 Å². The van der Waals surface area contributed by atoms with E-state index in [1.807, 2.05) is 41.8 Å². The van der Waals surface area contributed by atoms with Crippen LogP contribution in [0.5, 0.6) is 0 Å². The molecule has 0 unspecified atom stereocenters. The fraction of sp³-hybridized carbons (Fsp3) is 0.286. The van der Waals surface area contributed by atoms with Crippen LogP contribution in [-0.2, 0) is 11.3 Å². The summed E-state index contributed by atoms with van der Waals surface area (Å²) in [6.07, 6.45) is 3.72. The van der Waals surface area contributed by atoms with Crippen molar-refractivity contribution >= 4 is 34.3 Å². The lowest BCUT2D eigenvalue weighted by atomic mass is 10.1. The molecule has 0 radical (unpaired) electrons. The van der Waals surface area contributed by atoms with Crippen molar-refractivity contribution < 1.29 is 4.79 Å². The van der Waals surface area contributed by atoms with Gasteiger partial charge < -0.3 is 16.0 Å². The largest absolute Gasteiger partial charge is 0.394 e. The molecule has 0 aliphatic carbocycles. The Hall–Kier alpha value is -3.13. The molecule has 8 heteroatoms. The predicted octanol–water partition coefficient (Wildman–Crippen LogP) is 3.18. The van der Waals surface area contributed by atoms with Crippen LogP contribution in [0, 0.1) is 0 Å². The number of nitrogens with two attached hydrogens (primary N) is 1. The first-order valence-electron chi connectivity index (χ1n) is 9.66. The lowest BCUT2D eigenvalue weighted by molar-refractivity contribution is -0.117. The normalized spacial score (nSPS) is 14.0. The molecule has 3 N–H and O–H groups in total. The summed E-state index contributed by atoms with van der Waals surface area (Å²) < 4.78 is 1.11. The fourth-order valence-corrected chi connectivity index (χ4v) is 4.14. The van der Waals surface area contributed by atoms with Crippen molar-refractivity contribution in [2.24, 2.45) is 0 Å². The van der Waals surface area contributed by atoms with Gasteiger partial charge in [-0.1, -0.05) is 6.07 Å². The summed E-state index contributed by atoms with van der Waals surface area (Å²) in [7, 11) is 0. The van der Waals surface area contributed by atoms with Crippen molar-refractivity contribution in [1.29, 1.82) is 0 Å². The number of thiophene rings is 1. The minimum Gasteiger partial charge on any atom is -0.394 e. The van der Waals surface area contributed by atoms with E-state index in [0.29, 0.717) is 11.4 Å². The lowest BCUT2D eigenvalue weighted by Crippen LogP contribution is -2.31. The van der Waals surface area contributed by atoms with Gasteiger partial charge in [-0.3, -0.25) is 9.59 Å². The maximum absolute atomic E-state index is 12.5. The SMILES string of the molecule is Nc1cc(-c2cccs2)nn(CC(=O)Nc2ccc(N3CCCCC3)cc2)c1=O. The minimum absolute atomic E-state index is 0.0714. The Morgan fingerprint density at radius 2 is 1.90 bits per heavy atom. The Morgan fingerprint density at radius 1 is 1.14 bits per heavy atom. The van der Waals surface area contributed by atoms with Gasteiger partial charge in [0.2, 0.25) is 5.91 Å². The van der Waals surface area contributed by atoms with Gasteiger partial charge in [-0.25, -0.2) is 4.68 Å². The van der Waals surface area contributed by atoms with Crippen LogP contribution in [0.2, 0.25) is 0 Å². The molecule has 0 atom stereocenters. The number of benzene rings is 1. The Balaban J connectivity index is 1.45. The van der Waals surface area contributed by atoms with Gasteiger partial charge in [-0.15, -0.1) is 11.3 Å². The summed E-state index contributed by atoms with van der Waals surface area (Å²) in [6.45, 7) is 1.95. The number of nitrogens with one attached hydrogen (secondary N) is 1. The monoisotopic (exact) mass is 409 g/mol. The average Bonchev–Trinajstić information content (AvgIpc) is 3.27. The van der Waals surface area contributed by atoms with Crippen molar-refractivity contribution in [3.63, 3.8) is 0 Å². The molecule has 1 aliphatic heterocycles. The molecule has 1 aliphatic rings. The van der Waals surface area contributed by atoms with E-state index in [2.05, 4.69) is 15.3 Å². The molecular formula is C21H23N5O2S. The molecule has 0 spiro atoms. The standard InChI is InChI=1S/C21H23N5O2S/c22-17-13-18(19-5-4-12-29-19)24-26(21(17)28)14-20(27)23-15-6-8-16(9-7-15)25-10-2-1-3-11-25/h4-9,12-13H,1-3,10-11,14,22H2,(H,23,27). The maximum atomic E-state index is 12.5. The molecule has 1 saturated heterocycles. The third kappa shape index (κ3) is 4.48. The summed E-state index contributed by atoms with van der Waals surface area (Å²) in [5, 5.41) is 9.05. The third-order valence-corrected chi connectivity index (χ3v) is 5.83. The number of carbonyl (C=O) groups excluding carboxylic acids is 1. The molecule has 4 rings (SSSR count). The molecule has 0 bridgehead atoms. The number of rotatable bonds is 5. The van der Waals surface area contributed by atoms with Gasteiger partial charge in [0.1, 0.15) is 17.9 Å². The smallest absolute Gasteiger partial charge is 0.290 e. The van der Waals surface area contributed by atoms with Crippen molar-refractivity contribution in [2.45, 2.75) is 25.8 Å². The zero-order valence-electron chi connectivity index (χ0n) is 16.0. The van der Waals surface area contributed by atoms with Crippen molar-refractivity contribution in [3.05, 3.63) is 58.2 Å². The molecule has 29 heavy (non-hydrogen) atoms. The summed E-state index contributed by atoms with van der Waals surface area (Å²) in [6, 6.07) is 13.1. The van der Waals surface area contributed by atoms with Crippen molar-refractivity contribution in [1.82, 2.24) is 9.78 Å². The van der Waals surface area contributed by atoms with Crippen molar-refractivity contribution in [2.75, 3.05) is 29.0 Å². The van der Waals surface area contributed by atoms with Gasteiger partial charge in [0, 0.05) is 24.5 Å². The summed E-state index contributed by atoms with van der Waals surface area (Å²) in [5.74, 6) is -0.326. The van der Waals surface area contributed by atoms with E-state index in [-0.39, 0.29) is 18.1 Å². The second kappa shape index (κ2) is 8.48. The maximum Gasteiger partial charge on any atom is 0.290 e. The highest BCUT2D eigenvalue weighted by Gasteiger charge is 2.13. The van der Waals surface area contributed by atoms with Gasteiger partial charge in [-0.05, 0) is 61.0 Å². The average molecular weight is 410 g/mol. The first-order chi connectivity index (χ1) is 14.1. The molecule has 7 nitrogen and oxygen atoms in total. The highest BCUT2D eigenvalue weighted by Crippen LogP contribution is 2.23. The van der Waals surface area contributed by atoms with E-state index >= 15 is 0 Å². The zero-order chi connectivity index (χ0) is 20.2. The molecule has 150 valence electrons. The van der Waals surface area contributed by atoms with E-state index in [1.54, 1.807) is 6.07 Å². The number of hydrogen-bond donors (Lipinski definition) is 2. The lowest BCUT2D eigenvalue weighted by Gasteiger charge is -2.28. The van der Waals surface area contributed by atoms with E-state index in [1.165, 1.54) is 30.6 Å². The van der Waals surface area contributed by atoms with Crippen LogP contribution < -0.4 is 21.5 Å². The van der Waals surface area contributed by atoms with Gasteiger partial charge in [0.05, 0.1) is 4.88 Å². The molecular weight excluding hydrogens is 386 g/mol. The van der Waals surface area contributed by atoms with E-state index in [9.17, 15) is 9.59 Å². The van der Waals surface area contributed by atoms with Crippen molar-refractivity contribution in [3.8, 4) is 10.6 Å². The Bertz CT molecular complexity index is 1040. The molecule has 3 aromatic rings. The van der Waals surface area contributed by atoms with Crippen LogP contribution in [0.25, 0.3) is 10.6 Å².